The van der Waals surface area contributed by atoms with E-state index in [9.17, 15) is 0 Å². The Balaban J connectivity index is 2.28. The standard InChI is InChI=1S/C12H15ClN2S2/c1-12(2,3)10(14)11-15-8(6-17-11)7-4-9(13)16-5-7/h4-6,10H,14H2,1-3H3. The molecule has 92 valence electrons. The predicted molar refractivity (Wildman–Crippen MR) is 76.8 cm³/mol. The van der Waals surface area contributed by atoms with Gasteiger partial charge in [-0.25, -0.2) is 4.98 Å². The number of aromatic nitrogens is 1. The van der Waals surface area contributed by atoms with Crippen molar-refractivity contribution in [2.45, 2.75) is 26.8 Å². The summed E-state index contributed by atoms with van der Waals surface area (Å²) in [6, 6.07) is 1.91. The van der Waals surface area contributed by atoms with E-state index in [1.165, 1.54) is 11.3 Å². The van der Waals surface area contributed by atoms with Crippen molar-refractivity contribution < 1.29 is 0 Å². The fourth-order valence-corrected chi connectivity index (χ4v) is 3.32. The molecule has 0 amide bonds. The minimum absolute atomic E-state index is 0.0292. The summed E-state index contributed by atoms with van der Waals surface area (Å²) in [5, 5.41) is 5.04. The van der Waals surface area contributed by atoms with Gasteiger partial charge in [0.05, 0.1) is 16.1 Å². The average Bonchev–Trinajstić information content (AvgIpc) is 2.83. The van der Waals surface area contributed by atoms with E-state index in [0.29, 0.717) is 0 Å². The predicted octanol–water partition coefficient (Wildman–Crippen LogP) is 4.57. The minimum Gasteiger partial charge on any atom is -0.322 e. The molecular weight excluding hydrogens is 272 g/mol. The summed E-state index contributed by atoms with van der Waals surface area (Å²) in [5.74, 6) is 0. The average molecular weight is 287 g/mol. The van der Waals surface area contributed by atoms with Crippen LogP contribution in [0.3, 0.4) is 0 Å². The highest BCUT2D eigenvalue weighted by atomic mass is 35.5. The molecule has 0 aromatic carbocycles. The number of nitrogens with zero attached hydrogens (tertiary/aromatic N) is 1. The van der Waals surface area contributed by atoms with Crippen molar-refractivity contribution in [3.63, 3.8) is 0 Å². The Bertz CT molecular complexity index is 511. The quantitative estimate of drug-likeness (QED) is 0.878. The highest BCUT2D eigenvalue weighted by Crippen LogP contribution is 2.35. The topological polar surface area (TPSA) is 38.9 Å². The van der Waals surface area contributed by atoms with Crippen molar-refractivity contribution in [3.8, 4) is 11.3 Å². The van der Waals surface area contributed by atoms with E-state index in [-0.39, 0.29) is 11.5 Å². The molecule has 1 unspecified atom stereocenters. The number of halogens is 1. The zero-order chi connectivity index (χ0) is 12.6. The van der Waals surface area contributed by atoms with Crippen LogP contribution in [0.4, 0.5) is 0 Å². The van der Waals surface area contributed by atoms with Crippen LogP contribution in [0.25, 0.3) is 11.3 Å². The Morgan fingerprint density at radius 3 is 2.53 bits per heavy atom. The first kappa shape index (κ1) is 13.0. The van der Waals surface area contributed by atoms with Gasteiger partial charge in [-0.2, -0.15) is 0 Å². The van der Waals surface area contributed by atoms with E-state index < -0.39 is 0 Å². The molecule has 0 bridgehead atoms. The number of hydrogen-bond donors (Lipinski definition) is 1. The van der Waals surface area contributed by atoms with E-state index in [1.807, 2.05) is 16.8 Å². The van der Waals surface area contributed by atoms with E-state index in [2.05, 4.69) is 25.8 Å². The molecule has 2 heterocycles. The maximum Gasteiger partial charge on any atom is 0.111 e. The third-order valence-corrected chi connectivity index (χ3v) is 4.60. The maximum absolute atomic E-state index is 6.19. The molecule has 0 aliphatic carbocycles. The van der Waals surface area contributed by atoms with Crippen molar-refractivity contribution in [3.05, 3.63) is 26.2 Å². The van der Waals surface area contributed by atoms with Crippen LogP contribution in [-0.4, -0.2) is 4.98 Å². The smallest absolute Gasteiger partial charge is 0.111 e. The van der Waals surface area contributed by atoms with Gasteiger partial charge < -0.3 is 5.73 Å². The van der Waals surface area contributed by atoms with Gasteiger partial charge >= 0.3 is 0 Å². The van der Waals surface area contributed by atoms with Crippen molar-refractivity contribution >= 4 is 34.3 Å². The van der Waals surface area contributed by atoms with E-state index in [0.717, 1.165) is 20.6 Å². The molecule has 17 heavy (non-hydrogen) atoms. The summed E-state index contributed by atoms with van der Waals surface area (Å²) in [6.07, 6.45) is 0. The fraction of sp³-hybridized carbons (Fsp3) is 0.417. The fourth-order valence-electron chi connectivity index (χ4n) is 1.38. The molecule has 2 aromatic rings. The second-order valence-electron chi connectivity index (χ2n) is 5.05. The van der Waals surface area contributed by atoms with Crippen LogP contribution < -0.4 is 5.73 Å². The zero-order valence-electron chi connectivity index (χ0n) is 10.0. The van der Waals surface area contributed by atoms with E-state index in [1.54, 1.807) is 11.3 Å². The lowest BCUT2D eigenvalue weighted by Gasteiger charge is -2.24. The Morgan fingerprint density at radius 2 is 2.00 bits per heavy atom. The molecule has 0 fully saturated rings. The van der Waals surface area contributed by atoms with Gasteiger partial charge in [-0.1, -0.05) is 32.4 Å². The number of thiazole rings is 1. The van der Waals surface area contributed by atoms with Gasteiger partial charge in [0.25, 0.3) is 0 Å². The van der Waals surface area contributed by atoms with Gasteiger partial charge in [0, 0.05) is 16.3 Å². The molecule has 0 spiro atoms. The minimum atomic E-state index is -0.0321. The van der Waals surface area contributed by atoms with Crippen molar-refractivity contribution in [1.29, 1.82) is 0 Å². The molecule has 2 N–H and O–H groups in total. The summed E-state index contributed by atoms with van der Waals surface area (Å²) in [6.45, 7) is 6.38. The van der Waals surface area contributed by atoms with Crippen LogP contribution in [0.15, 0.2) is 16.8 Å². The molecule has 2 nitrogen and oxygen atoms in total. The second-order valence-corrected chi connectivity index (χ2v) is 7.49. The van der Waals surface area contributed by atoms with Gasteiger partial charge in [0.2, 0.25) is 0 Å². The molecule has 5 heteroatoms. The van der Waals surface area contributed by atoms with E-state index in [4.69, 9.17) is 17.3 Å². The maximum atomic E-state index is 6.19. The SMILES string of the molecule is CC(C)(C)C(N)c1nc(-c2csc(Cl)c2)cs1. The third-order valence-electron chi connectivity index (χ3n) is 2.58. The Hall–Kier alpha value is -0.420. The lowest BCUT2D eigenvalue weighted by Crippen LogP contribution is -2.26. The molecule has 0 aliphatic rings. The lowest BCUT2D eigenvalue weighted by atomic mass is 9.88. The van der Waals surface area contributed by atoms with Gasteiger partial charge in [-0.3, -0.25) is 0 Å². The molecule has 0 saturated carbocycles. The number of thiophene rings is 1. The van der Waals surface area contributed by atoms with Gasteiger partial charge in [-0.05, 0) is 11.5 Å². The largest absolute Gasteiger partial charge is 0.322 e. The summed E-state index contributed by atoms with van der Waals surface area (Å²) in [5.41, 5.74) is 8.26. The summed E-state index contributed by atoms with van der Waals surface area (Å²) in [7, 11) is 0. The van der Waals surface area contributed by atoms with Crippen LogP contribution in [0, 0.1) is 5.41 Å². The van der Waals surface area contributed by atoms with Crippen LogP contribution in [0.1, 0.15) is 31.8 Å². The van der Waals surface area contributed by atoms with Gasteiger partial charge in [-0.15, -0.1) is 22.7 Å². The molecule has 0 radical (unpaired) electrons. The number of nitrogens with two attached hydrogens (primary N) is 1. The lowest BCUT2D eigenvalue weighted by molar-refractivity contribution is 0.326. The molecule has 2 aromatic heterocycles. The Kier molecular flexibility index (Phi) is 3.59. The highest BCUT2D eigenvalue weighted by Gasteiger charge is 2.25. The van der Waals surface area contributed by atoms with Crippen LogP contribution in [0.2, 0.25) is 4.34 Å². The Morgan fingerprint density at radius 1 is 1.29 bits per heavy atom. The first-order valence-corrected chi connectivity index (χ1v) is 7.47. The molecule has 0 aliphatic heterocycles. The van der Waals surface area contributed by atoms with Gasteiger partial charge in [0.15, 0.2) is 0 Å². The molecular formula is C12H15ClN2S2. The third kappa shape index (κ3) is 2.88. The molecule has 0 saturated heterocycles. The number of rotatable bonds is 2. The summed E-state index contributed by atoms with van der Waals surface area (Å²) >= 11 is 9.06. The van der Waals surface area contributed by atoms with Crippen LogP contribution in [-0.2, 0) is 0 Å². The zero-order valence-corrected chi connectivity index (χ0v) is 12.4. The normalized spacial score (nSPS) is 13.9. The van der Waals surface area contributed by atoms with Gasteiger partial charge in [0.1, 0.15) is 5.01 Å². The van der Waals surface area contributed by atoms with E-state index >= 15 is 0 Å². The first-order valence-electron chi connectivity index (χ1n) is 5.33. The summed E-state index contributed by atoms with van der Waals surface area (Å²) in [4.78, 5) is 4.60. The Labute approximate surface area is 114 Å². The molecule has 2 rings (SSSR count). The van der Waals surface area contributed by atoms with Crippen molar-refractivity contribution in [2.75, 3.05) is 0 Å². The second kappa shape index (κ2) is 4.69. The number of hydrogen-bond acceptors (Lipinski definition) is 4. The van der Waals surface area contributed by atoms with Crippen LogP contribution >= 0.6 is 34.3 Å². The molecule has 1 atom stereocenters. The highest BCUT2D eigenvalue weighted by molar-refractivity contribution is 7.14. The summed E-state index contributed by atoms with van der Waals surface area (Å²) < 4.78 is 0.787. The van der Waals surface area contributed by atoms with Crippen molar-refractivity contribution in [2.24, 2.45) is 11.1 Å². The van der Waals surface area contributed by atoms with Crippen LogP contribution in [0.5, 0.6) is 0 Å². The van der Waals surface area contributed by atoms with Crippen molar-refractivity contribution in [1.82, 2.24) is 4.98 Å². The monoisotopic (exact) mass is 286 g/mol. The first-order chi connectivity index (χ1) is 7.88.